The maximum absolute atomic E-state index is 3.92. The molecule has 0 aromatic heterocycles. The molecule has 1 nitrogen and oxygen atoms in total. The fraction of sp³-hybridized carbons (Fsp3) is 0.500. The third-order valence-electron chi connectivity index (χ3n) is 6.31. The standard InChI is InChI=1S/C20H23N/c1-2-4-16-12-19(6-5-15(16)3-1)21-20-17-8-13-7-14(10-17)11-18(20)9-13/h1-6,12-14,17-18,20-21H,7-11H2. The van der Waals surface area contributed by atoms with Gasteiger partial charge in [0.05, 0.1) is 0 Å². The molecule has 0 radical (unpaired) electrons. The smallest absolute Gasteiger partial charge is 0.0348 e. The molecule has 2 aromatic rings. The van der Waals surface area contributed by atoms with Crippen molar-refractivity contribution in [3.8, 4) is 0 Å². The SMILES string of the molecule is c1ccc2cc(NC3C4CC5CC(C4)CC3C5)ccc2c1. The fourth-order valence-corrected chi connectivity index (χ4v) is 5.63. The van der Waals surface area contributed by atoms with Crippen LogP contribution in [0.4, 0.5) is 5.69 Å². The van der Waals surface area contributed by atoms with Gasteiger partial charge in [-0.05, 0) is 78.7 Å². The molecule has 4 saturated carbocycles. The minimum atomic E-state index is 0.735. The first-order valence-electron chi connectivity index (χ1n) is 8.60. The Kier molecular flexibility index (Phi) is 2.59. The van der Waals surface area contributed by atoms with Crippen molar-refractivity contribution in [1.29, 1.82) is 0 Å². The van der Waals surface area contributed by atoms with Crippen molar-refractivity contribution in [3.05, 3.63) is 42.5 Å². The van der Waals surface area contributed by atoms with Crippen molar-refractivity contribution in [2.75, 3.05) is 5.32 Å². The molecule has 0 amide bonds. The summed E-state index contributed by atoms with van der Waals surface area (Å²) in [5.41, 5.74) is 1.33. The molecular weight excluding hydrogens is 254 g/mol. The van der Waals surface area contributed by atoms with Crippen molar-refractivity contribution >= 4 is 16.5 Å². The van der Waals surface area contributed by atoms with Gasteiger partial charge in [-0.3, -0.25) is 0 Å². The zero-order chi connectivity index (χ0) is 13.8. The normalized spacial score (nSPS) is 37.0. The van der Waals surface area contributed by atoms with E-state index in [0.29, 0.717) is 0 Å². The Hall–Kier alpha value is -1.50. The molecule has 2 aromatic carbocycles. The Balaban J connectivity index is 1.43. The van der Waals surface area contributed by atoms with Crippen LogP contribution in [-0.4, -0.2) is 6.04 Å². The highest BCUT2D eigenvalue weighted by Gasteiger charge is 2.48. The van der Waals surface area contributed by atoms with Crippen LogP contribution in [0.2, 0.25) is 0 Å². The minimum Gasteiger partial charge on any atom is -0.382 e. The van der Waals surface area contributed by atoms with Gasteiger partial charge in [-0.25, -0.2) is 0 Å². The summed E-state index contributed by atoms with van der Waals surface area (Å²) < 4.78 is 0. The van der Waals surface area contributed by atoms with E-state index in [9.17, 15) is 0 Å². The first kappa shape index (κ1) is 12.1. The van der Waals surface area contributed by atoms with Crippen LogP contribution in [0.5, 0.6) is 0 Å². The second-order valence-corrected chi connectivity index (χ2v) is 7.66. The van der Waals surface area contributed by atoms with Crippen molar-refractivity contribution in [2.24, 2.45) is 23.7 Å². The third kappa shape index (κ3) is 1.97. The number of rotatable bonds is 2. The van der Waals surface area contributed by atoms with Crippen LogP contribution in [0, 0.1) is 23.7 Å². The highest BCUT2D eigenvalue weighted by atomic mass is 14.9. The molecule has 1 N–H and O–H groups in total. The molecule has 4 fully saturated rings. The van der Waals surface area contributed by atoms with E-state index in [1.165, 1.54) is 48.6 Å². The Bertz CT molecular complexity index is 646. The molecule has 21 heavy (non-hydrogen) atoms. The van der Waals surface area contributed by atoms with Gasteiger partial charge in [0, 0.05) is 11.7 Å². The van der Waals surface area contributed by atoms with Gasteiger partial charge in [-0.15, -0.1) is 0 Å². The molecule has 0 spiro atoms. The van der Waals surface area contributed by atoms with E-state index < -0.39 is 0 Å². The summed E-state index contributed by atoms with van der Waals surface area (Å²) in [6, 6.07) is 16.3. The monoisotopic (exact) mass is 277 g/mol. The molecular formula is C20H23N. The number of fused-ring (bicyclic) bond motifs is 1. The van der Waals surface area contributed by atoms with Crippen LogP contribution in [-0.2, 0) is 0 Å². The summed E-state index contributed by atoms with van der Waals surface area (Å²) >= 11 is 0. The van der Waals surface area contributed by atoms with E-state index in [-0.39, 0.29) is 0 Å². The molecule has 0 heterocycles. The van der Waals surface area contributed by atoms with Gasteiger partial charge in [0.25, 0.3) is 0 Å². The van der Waals surface area contributed by atoms with Crippen LogP contribution in [0.1, 0.15) is 32.1 Å². The molecule has 1 heteroatoms. The summed E-state index contributed by atoms with van der Waals surface area (Å²) in [4.78, 5) is 0. The molecule has 4 aliphatic rings. The molecule has 6 rings (SSSR count). The van der Waals surface area contributed by atoms with Crippen molar-refractivity contribution in [1.82, 2.24) is 0 Å². The minimum absolute atomic E-state index is 0.735. The van der Waals surface area contributed by atoms with E-state index in [0.717, 1.165) is 29.7 Å². The van der Waals surface area contributed by atoms with Crippen molar-refractivity contribution < 1.29 is 0 Å². The summed E-state index contributed by atoms with van der Waals surface area (Å²) in [7, 11) is 0. The van der Waals surface area contributed by atoms with Crippen LogP contribution in [0.25, 0.3) is 10.8 Å². The molecule has 0 unspecified atom stereocenters. The lowest BCUT2D eigenvalue weighted by molar-refractivity contribution is 0.00754. The van der Waals surface area contributed by atoms with Gasteiger partial charge in [0.15, 0.2) is 0 Å². The predicted octanol–water partition coefficient (Wildman–Crippen LogP) is 5.08. The maximum atomic E-state index is 3.92. The van der Waals surface area contributed by atoms with Crippen LogP contribution in [0.3, 0.4) is 0 Å². The van der Waals surface area contributed by atoms with Gasteiger partial charge in [-0.2, -0.15) is 0 Å². The van der Waals surface area contributed by atoms with E-state index in [4.69, 9.17) is 0 Å². The lowest BCUT2D eigenvalue weighted by Gasteiger charge is -2.54. The van der Waals surface area contributed by atoms with E-state index in [2.05, 4.69) is 47.8 Å². The second-order valence-electron chi connectivity index (χ2n) is 7.66. The Labute approximate surface area is 126 Å². The molecule has 108 valence electrons. The first-order valence-corrected chi connectivity index (χ1v) is 8.60. The Morgan fingerprint density at radius 3 is 2.10 bits per heavy atom. The topological polar surface area (TPSA) is 12.0 Å². The molecule has 0 atom stereocenters. The highest BCUT2D eigenvalue weighted by molar-refractivity contribution is 5.85. The lowest BCUT2D eigenvalue weighted by Crippen LogP contribution is -2.51. The zero-order valence-corrected chi connectivity index (χ0v) is 12.5. The van der Waals surface area contributed by atoms with Gasteiger partial charge in [-0.1, -0.05) is 30.3 Å². The quantitative estimate of drug-likeness (QED) is 0.807. The van der Waals surface area contributed by atoms with E-state index in [1.54, 1.807) is 0 Å². The average Bonchev–Trinajstić information content (AvgIpc) is 2.50. The summed E-state index contributed by atoms with van der Waals surface area (Å²) in [6.45, 7) is 0. The zero-order valence-electron chi connectivity index (χ0n) is 12.5. The summed E-state index contributed by atoms with van der Waals surface area (Å²) in [5, 5.41) is 6.61. The average molecular weight is 277 g/mol. The Morgan fingerprint density at radius 2 is 1.38 bits per heavy atom. The van der Waals surface area contributed by atoms with E-state index >= 15 is 0 Å². The molecule has 4 aliphatic carbocycles. The van der Waals surface area contributed by atoms with Crippen LogP contribution in [0.15, 0.2) is 42.5 Å². The van der Waals surface area contributed by atoms with E-state index in [1.807, 2.05) is 0 Å². The number of nitrogens with one attached hydrogen (secondary N) is 1. The van der Waals surface area contributed by atoms with Crippen LogP contribution >= 0.6 is 0 Å². The molecule has 0 saturated heterocycles. The number of hydrogen-bond acceptors (Lipinski definition) is 1. The largest absolute Gasteiger partial charge is 0.382 e. The van der Waals surface area contributed by atoms with Gasteiger partial charge in [0.1, 0.15) is 0 Å². The van der Waals surface area contributed by atoms with Gasteiger partial charge >= 0.3 is 0 Å². The number of anilines is 1. The van der Waals surface area contributed by atoms with Crippen molar-refractivity contribution in [3.63, 3.8) is 0 Å². The Morgan fingerprint density at radius 1 is 0.714 bits per heavy atom. The summed E-state index contributed by atoms with van der Waals surface area (Å²) in [6.07, 6.45) is 7.47. The highest BCUT2D eigenvalue weighted by Crippen LogP contribution is 2.54. The predicted molar refractivity (Wildman–Crippen MR) is 88.4 cm³/mol. The third-order valence-corrected chi connectivity index (χ3v) is 6.31. The van der Waals surface area contributed by atoms with Gasteiger partial charge in [0.2, 0.25) is 0 Å². The second kappa shape index (κ2) is 4.50. The summed E-state index contributed by atoms with van der Waals surface area (Å²) in [5.74, 6) is 3.99. The first-order chi connectivity index (χ1) is 10.3. The molecule has 4 bridgehead atoms. The lowest BCUT2D eigenvalue weighted by atomic mass is 9.54. The van der Waals surface area contributed by atoms with Crippen LogP contribution < -0.4 is 5.32 Å². The maximum Gasteiger partial charge on any atom is 0.0348 e. The molecule has 0 aliphatic heterocycles. The van der Waals surface area contributed by atoms with Gasteiger partial charge < -0.3 is 5.32 Å². The number of hydrogen-bond donors (Lipinski definition) is 1. The van der Waals surface area contributed by atoms with Crippen molar-refractivity contribution in [2.45, 2.75) is 38.1 Å². The fourth-order valence-electron chi connectivity index (χ4n) is 5.63. The number of benzene rings is 2.